The molecule has 1 fully saturated rings. The normalized spacial score (nSPS) is 20.8. The number of methoxy groups -OCH3 is 1. The zero-order chi connectivity index (χ0) is 13.0. The first-order valence-electron chi connectivity index (χ1n) is 6.95. The first-order chi connectivity index (χ1) is 8.70. The summed E-state index contributed by atoms with van der Waals surface area (Å²) < 4.78 is 7.56. The Morgan fingerprint density at radius 3 is 2.72 bits per heavy atom. The zero-order valence-corrected chi connectivity index (χ0v) is 11.4. The van der Waals surface area contributed by atoms with Crippen molar-refractivity contribution in [2.45, 2.75) is 63.7 Å². The Morgan fingerprint density at radius 1 is 1.44 bits per heavy atom. The fourth-order valence-electron chi connectivity index (χ4n) is 2.92. The van der Waals surface area contributed by atoms with Crippen LogP contribution in [0.15, 0.2) is 12.4 Å². The molecule has 0 saturated heterocycles. The highest BCUT2D eigenvalue weighted by atomic mass is 16.5. The van der Waals surface area contributed by atoms with Crippen LogP contribution in [-0.2, 0) is 17.7 Å². The smallest absolute Gasteiger partial charge is 0.0939 e. The topological polar surface area (TPSA) is 47.3 Å². The van der Waals surface area contributed by atoms with E-state index in [1.54, 1.807) is 7.11 Å². The van der Waals surface area contributed by atoms with Gasteiger partial charge in [0, 0.05) is 26.3 Å². The van der Waals surface area contributed by atoms with E-state index in [-0.39, 0.29) is 5.60 Å². The van der Waals surface area contributed by atoms with Crippen molar-refractivity contribution in [1.82, 2.24) is 9.78 Å². The molecule has 1 aliphatic rings. The molecule has 0 radical (unpaired) electrons. The molecule has 0 aromatic carbocycles. The van der Waals surface area contributed by atoms with Crippen LogP contribution in [0.2, 0.25) is 0 Å². The minimum atomic E-state index is -0.433. The van der Waals surface area contributed by atoms with Gasteiger partial charge in [-0.15, -0.1) is 0 Å². The summed E-state index contributed by atoms with van der Waals surface area (Å²) in [5.41, 5.74) is 0.749. The van der Waals surface area contributed by atoms with Crippen LogP contribution in [0.1, 0.15) is 44.6 Å². The molecular formula is C14H24N2O2. The van der Waals surface area contributed by atoms with Crippen LogP contribution in [-0.4, -0.2) is 33.7 Å². The maximum atomic E-state index is 10.5. The van der Waals surface area contributed by atoms with Crippen LogP contribution in [0.25, 0.3) is 0 Å². The molecular weight excluding hydrogens is 228 g/mol. The SMILES string of the molecule is CCn1cc(CC(O)C2(OC)CCCCC2)cn1. The fraction of sp³-hybridized carbons (Fsp3) is 0.786. The van der Waals surface area contributed by atoms with Gasteiger partial charge in [0.15, 0.2) is 0 Å². The van der Waals surface area contributed by atoms with Crippen LogP contribution in [0.3, 0.4) is 0 Å². The highest BCUT2D eigenvalue weighted by Crippen LogP contribution is 2.35. The number of rotatable bonds is 5. The summed E-state index contributed by atoms with van der Waals surface area (Å²) in [5, 5.41) is 14.7. The quantitative estimate of drug-likeness (QED) is 0.873. The van der Waals surface area contributed by atoms with Crippen molar-refractivity contribution in [1.29, 1.82) is 0 Å². The zero-order valence-electron chi connectivity index (χ0n) is 11.4. The largest absolute Gasteiger partial charge is 0.390 e. The molecule has 4 nitrogen and oxygen atoms in total. The lowest BCUT2D eigenvalue weighted by molar-refractivity contribution is -0.122. The molecule has 1 atom stereocenters. The minimum Gasteiger partial charge on any atom is -0.390 e. The summed E-state index contributed by atoms with van der Waals surface area (Å²) in [4.78, 5) is 0. The van der Waals surface area contributed by atoms with Gasteiger partial charge in [-0.2, -0.15) is 5.10 Å². The van der Waals surface area contributed by atoms with E-state index in [0.29, 0.717) is 6.42 Å². The third-order valence-corrected chi connectivity index (χ3v) is 4.15. The third-order valence-electron chi connectivity index (χ3n) is 4.15. The van der Waals surface area contributed by atoms with Gasteiger partial charge < -0.3 is 9.84 Å². The molecule has 102 valence electrons. The summed E-state index contributed by atoms with van der Waals surface area (Å²) in [6.07, 6.45) is 9.54. The van der Waals surface area contributed by atoms with Gasteiger partial charge in [-0.25, -0.2) is 0 Å². The minimum absolute atomic E-state index is 0.341. The Balaban J connectivity index is 2.02. The number of hydrogen-bond donors (Lipinski definition) is 1. The molecule has 0 bridgehead atoms. The summed E-state index contributed by atoms with van der Waals surface area (Å²) in [5.74, 6) is 0. The van der Waals surface area contributed by atoms with Crippen molar-refractivity contribution in [3.63, 3.8) is 0 Å². The molecule has 0 aliphatic heterocycles. The Hall–Kier alpha value is -0.870. The highest BCUT2D eigenvalue weighted by molar-refractivity contribution is 5.08. The second-order valence-electron chi connectivity index (χ2n) is 5.25. The van der Waals surface area contributed by atoms with Crippen LogP contribution >= 0.6 is 0 Å². The molecule has 1 aromatic rings. The average Bonchev–Trinajstić information content (AvgIpc) is 2.87. The molecule has 0 amide bonds. The molecule has 2 rings (SSSR count). The standard InChI is InChI=1S/C14H24N2O2/c1-3-16-11-12(10-15-16)9-13(17)14(18-2)7-5-4-6-8-14/h10-11,13,17H,3-9H2,1-2H3. The molecule has 1 unspecified atom stereocenters. The molecule has 1 aliphatic carbocycles. The number of nitrogens with zero attached hydrogens (tertiary/aromatic N) is 2. The molecule has 18 heavy (non-hydrogen) atoms. The summed E-state index contributed by atoms with van der Waals surface area (Å²) >= 11 is 0. The van der Waals surface area contributed by atoms with E-state index in [1.165, 1.54) is 6.42 Å². The van der Waals surface area contributed by atoms with E-state index in [9.17, 15) is 5.11 Å². The van der Waals surface area contributed by atoms with Crippen molar-refractivity contribution in [3.05, 3.63) is 18.0 Å². The summed E-state index contributed by atoms with van der Waals surface area (Å²) in [7, 11) is 1.73. The maximum Gasteiger partial charge on any atom is 0.0939 e. The monoisotopic (exact) mass is 252 g/mol. The number of ether oxygens (including phenoxy) is 1. The maximum absolute atomic E-state index is 10.5. The van der Waals surface area contributed by atoms with E-state index in [2.05, 4.69) is 12.0 Å². The average molecular weight is 252 g/mol. The molecule has 1 N–H and O–H groups in total. The van der Waals surface area contributed by atoms with Crippen molar-refractivity contribution in [3.8, 4) is 0 Å². The lowest BCUT2D eigenvalue weighted by Crippen LogP contribution is -2.46. The fourth-order valence-corrected chi connectivity index (χ4v) is 2.92. The second-order valence-corrected chi connectivity index (χ2v) is 5.25. The predicted molar refractivity (Wildman–Crippen MR) is 70.4 cm³/mol. The number of aromatic nitrogens is 2. The van der Waals surface area contributed by atoms with E-state index in [1.807, 2.05) is 17.1 Å². The van der Waals surface area contributed by atoms with Crippen LogP contribution in [0.4, 0.5) is 0 Å². The number of aryl methyl sites for hydroxylation is 1. The number of hydrogen-bond acceptors (Lipinski definition) is 3. The van der Waals surface area contributed by atoms with Gasteiger partial charge in [0.1, 0.15) is 0 Å². The van der Waals surface area contributed by atoms with Crippen LogP contribution in [0.5, 0.6) is 0 Å². The van der Waals surface area contributed by atoms with Gasteiger partial charge in [0.25, 0.3) is 0 Å². The Bertz CT molecular complexity index is 370. The lowest BCUT2D eigenvalue weighted by Gasteiger charge is -2.39. The third kappa shape index (κ3) is 2.75. The van der Waals surface area contributed by atoms with Gasteiger partial charge >= 0.3 is 0 Å². The molecule has 4 heteroatoms. The Morgan fingerprint density at radius 2 is 2.17 bits per heavy atom. The number of aliphatic hydroxyl groups excluding tert-OH is 1. The predicted octanol–water partition coefficient (Wildman–Crippen LogP) is 2.16. The molecule has 1 aromatic heterocycles. The van der Waals surface area contributed by atoms with E-state index in [4.69, 9.17) is 4.74 Å². The first-order valence-corrected chi connectivity index (χ1v) is 6.95. The Kier molecular flexibility index (Phi) is 4.40. The second kappa shape index (κ2) is 5.85. The van der Waals surface area contributed by atoms with E-state index < -0.39 is 6.10 Å². The van der Waals surface area contributed by atoms with E-state index >= 15 is 0 Å². The van der Waals surface area contributed by atoms with Crippen molar-refractivity contribution >= 4 is 0 Å². The summed E-state index contributed by atoms with van der Waals surface area (Å²) in [6, 6.07) is 0. The molecule has 0 spiro atoms. The first kappa shape index (κ1) is 13.6. The highest BCUT2D eigenvalue weighted by Gasteiger charge is 2.39. The van der Waals surface area contributed by atoms with Gasteiger partial charge in [0.2, 0.25) is 0 Å². The van der Waals surface area contributed by atoms with Gasteiger partial charge in [-0.1, -0.05) is 19.3 Å². The van der Waals surface area contributed by atoms with Gasteiger partial charge in [-0.3, -0.25) is 4.68 Å². The van der Waals surface area contributed by atoms with Crippen LogP contribution in [0, 0.1) is 0 Å². The molecule has 1 saturated carbocycles. The van der Waals surface area contributed by atoms with Crippen molar-refractivity contribution in [2.24, 2.45) is 0 Å². The molecule has 1 heterocycles. The van der Waals surface area contributed by atoms with Gasteiger partial charge in [0.05, 0.1) is 17.9 Å². The Labute approximate surface area is 109 Å². The lowest BCUT2D eigenvalue weighted by atomic mass is 9.79. The number of aliphatic hydroxyl groups is 1. The van der Waals surface area contributed by atoms with Crippen molar-refractivity contribution < 1.29 is 9.84 Å². The van der Waals surface area contributed by atoms with Crippen LogP contribution < -0.4 is 0 Å². The van der Waals surface area contributed by atoms with Crippen molar-refractivity contribution in [2.75, 3.05) is 7.11 Å². The van der Waals surface area contributed by atoms with Gasteiger partial charge in [-0.05, 0) is 25.3 Å². The van der Waals surface area contributed by atoms with E-state index in [0.717, 1.165) is 37.8 Å². The summed E-state index contributed by atoms with van der Waals surface area (Å²) in [6.45, 7) is 2.93.